The van der Waals surface area contributed by atoms with Gasteiger partial charge in [0.2, 0.25) is 0 Å². The molecule has 0 aliphatic carbocycles. The largest absolute Gasteiger partial charge is 0.460 e. The predicted molar refractivity (Wildman–Crippen MR) is 94.8 cm³/mol. The van der Waals surface area contributed by atoms with E-state index in [-0.39, 0.29) is 6.04 Å². The average molecular weight is 342 g/mol. The number of likely N-dealkylation sites (tertiary alicyclic amines) is 1. The number of alkyl halides is 1. The van der Waals surface area contributed by atoms with Gasteiger partial charge in [0.1, 0.15) is 17.5 Å². The fourth-order valence-electron chi connectivity index (χ4n) is 3.60. The molecule has 1 aliphatic rings. The smallest absolute Gasteiger partial charge is 0.134 e. The van der Waals surface area contributed by atoms with Crippen LogP contribution in [0.4, 0.5) is 4.39 Å². The number of hydrogen-bond donors (Lipinski definition) is 1. The normalized spacial score (nSPS) is 21.4. The molecule has 4 rings (SSSR count). The molecule has 0 amide bonds. The van der Waals surface area contributed by atoms with Crippen LogP contribution < -0.4 is 5.32 Å². The topological polar surface area (TPSA) is 46.2 Å². The number of rotatable bonds is 6. The highest BCUT2D eigenvalue weighted by Crippen LogP contribution is 2.23. The summed E-state index contributed by atoms with van der Waals surface area (Å²) in [7, 11) is 1.90. The molecule has 2 atom stereocenters. The number of nitrogens with one attached hydrogen (secondary N) is 1. The number of nitrogens with zero attached hydrogens (tertiary/aromatic N) is 3. The Morgan fingerprint density at radius 1 is 1.36 bits per heavy atom. The van der Waals surface area contributed by atoms with Crippen LogP contribution in [0.5, 0.6) is 0 Å². The molecule has 3 aromatic rings. The molecule has 0 spiro atoms. The number of benzene rings is 1. The molecule has 1 aliphatic heterocycles. The van der Waals surface area contributed by atoms with Gasteiger partial charge in [-0.3, -0.25) is 9.58 Å². The number of aryl methyl sites for hydroxylation is 1. The molecular weight excluding hydrogens is 319 g/mol. The van der Waals surface area contributed by atoms with Gasteiger partial charge in [-0.2, -0.15) is 5.10 Å². The first kappa shape index (κ1) is 16.3. The highest BCUT2D eigenvalue weighted by Gasteiger charge is 2.31. The van der Waals surface area contributed by atoms with Gasteiger partial charge in [0, 0.05) is 49.9 Å². The molecule has 5 nitrogen and oxygen atoms in total. The van der Waals surface area contributed by atoms with Gasteiger partial charge in [-0.05, 0) is 18.6 Å². The molecule has 25 heavy (non-hydrogen) atoms. The van der Waals surface area contributed by atoms with E-state index in [0.717, 1.165) is 35.4 Å². The molecule has 0 radical (unpaired) electrons. The van der Waals surface area contributed by atoms with Crippen molar-refractivity contribution in [1.82, 2.24) is 20.0 Å². The lowest BCUT2D eigenvalue weighted by atomic mass is 10.2. The second-order valence-electron chi connectivity index (χ2n) is 6.82. The summed E-state index contributed by atoms with van der Waals surface area (Å²) in [5.41, 5.74) is 2.03. The first-order chi connectivity index (χ1) is 12.2. The lowest BCUT2D eigenvalue weighted by molar-refractivity contribution is 0.229. The highest BCUT2D eigenvalue weighted by atomic mass is 19.1. The Hall–Kier alpha value is -2.18. The van der Waals surface area contributed by atoms with E-state index in [1.165, 1.54) is 0 Å². The van der Waals surface area contributed by atoms with Gasteiger partial charge in [-0.15, -0.1) is 0 Å². The fourth-order valence-corrected chi connectivity index (χ4v) is 3.60. The zero-order chi connectivity index (χ0) is 17.2. The Morgan fingerprint density at radius 2 is 2.24 bits per heavy atom. The quantitative estimate of drug-likeness (QED) is 0.748. The molecule has 6 heteroatoms. The Balaban J connectivity index is 1.34. The van der Waals surface area contributed by atoms with Crippen LogP contribution in [0.1, 0.15) is 17.7 Å². The summed E-state index contributed by atoms with van der Waals surface area (Å²) < 4.78 is 21.5. The van der Waals surface area contributed by atoms with Crippen molar-refractivity contribution in [3.8, 4) is 0 Å². The Morgan fingerprint density at radius 3 is 3.04 bits per heavy atom. The van der Waals surface area contributed by atoms with Crippen molar-refractivity contribution in [3.05, 3.63) is 54.0 Å². The molecule has 0 saturated carbocycles. The summed E-state index contributed by atoms with van der Waals surface area (Å²) >= 11 is 0. The minimum Gasteiger partial charge on any atom is -0.460 e. The molecular formula is C19H23FN4O. The fraction of sp³-hybridized carbons (Fsp3) is 0.421. The molecule has 1 saturated heterocycles. The third-order valence-electron chi connectivity index (χ3n) is 4.78. The predicted octanol–water partition coefficient (Wildman–Crippen LogP) is 2.87. The number of para-hydroxylation sites is 1. The Bertz CT molecular complexity index is 810. The highest BCUT2D eigenvalue weighted by molar-refractivity contribution is 5.77. The number of aromatic nitrogens is 2. The standard InChI is InChI=1S/C19H23FN4O/c1-23-11-14(8-22-23)12-24-13-16(20)7-17(24)9-21-10-18-6-15-4-2-3-5-19(15)25-18/h2-6,8,11,16-17,21H,7,9-10,12-13H2,1H3/t16-,17-/m0/s1. The first-order valence-corrected chi connectivity index (χ1v) is 8.71. The first-order valence-electron chi connectivity index (χ1n) is 8.71. The van der Waals surface area contributed by atoms with Crippen LogP contribution in [-0.2, 0) is 20.1 Å². The van der Waals surface area contributed by atoms with E-state index >= 15 is 0 Å². The van der Waals surface area contributed by atoms with Crippen LogP contribution >= 0.6 is 0 Å². The summed E-state index contributed by atoms with van der Waals surface area (Å²) in [6, 6.07) is 10.2. The molecule has 2 aromatic heterocycles. The number of halogens is 1. The summed E-state index contributed by atoms with van der Waals surface area (Å²) in [5.74, 6) is 0.912. The van der Waals surface area contributed by atoms with E-state index < -0.39 is 6.17 Å². The van der Waals surface area contributed by atoms with Crippen molar-refractivity contribution in [2.24, 2.45) is 7.05 Å². The van der Waals surface area contributed by atoms with Gasteiger partial charge < -0.3 is 9.73 Å². The summed E-state index contributed by atoms with van der Waals surface area (Å²) in [4.78, 5) is 2.20. The van der Waals surface area contributed by atoms with Crippen LogP contribution in [0.25, 0.3) is 11.0 Å². The van der Waals surface area contributed by atoms with Gasteiger partial charge in [0.25, 0.3) is 0 Å². The number of furan rings is 1. The van der Waals surface area contributed by atoms with Crippen molar-refractivity contribution in [3.63, 3.8) is 0 Å². The molecule has 1 fully saturated rings. The Labute approximate surface area is 146 Å². The van der Waals surface area contributed by atoms with Crippen LogP contribution in [0.2, 0.25) is 0 Å². The average Bonchev–Trinajstić information content (AvgIpc) is 3.27. The van der Waals surface area contributed by atoms with Gasteiger partial charge in [-0.1, -0.05) is 18.2 Å². The zero-order valence-electron chi connectivity index (χ0n) is 14.4. The minimum absolute atomic E-state index is 0.194. The van der Waals surface area contributed by atoms with E-state index in [1.807, 2.05) is 43.7 Å². The maximum atomic E-state index is 13.9. The van der Waals surface area contributed by atoms with Gasteiger partial charge in [-0.25, -0.2) is 4.39 Å². The lowest BCUT2D eigenvalue weighted by Gasteiger charge is -2.23. The molecule has 0 bridgehead atoms. The molecule has 0 unspecified atom stereocenters. The van der Waals surface area contributed by atoms with E-state index in [1.54, 1.807) is 4.68 Å². The SMILES string of the molecule is Cn1cc(CN2C[C@@H](F)C[C@H]2CNCc2cc3ccccc3o2)cn1. The maximum Gasteiger partial charge on any atom is 0.134 e. The minimum atomic E-state index is -0.755. The molecule has 1 N–H and O–H groups in total. The van der Waals surface area contributed by atoms with E-state index in [4.69, 9.17) is 4.42 Å². The second-order valence-corrected chi connectivity index (χ2v) is 6.82. The van der Waals surface area contributed by atoms with Gasteiger partial charge >= 0.3 is 0 Å². The monoisotopic (exact) mass is 342 g/mol. The van der Waals surface area contributed by atoms with Crippen LogP contribution in [0.15, 0.2) is 47.1 Å². The zero-order valence-corrected chi connectivity index (χ0v) is 14.4. The Kier molecular flexibility index (Phi) is 4.55. The maximum absolute atomic E-state index is 13.9. The molecule has 3 heterocycles. The van der Waals surface area contributed by atoms with Crippen molar-refractivity contribution < 1.29 is 8.81 Å². The van der Waals surface area contributed by atoms with Crippen molar-refractivity contribution in [2.45, 2.75) is 31.7 Å². The van der Waals surface area contributed by atoms with Gasteiger partial charge in [0.05, 0.1) is 12.7 Å². The molecule has 1 aromatic carbocycles. The summed E-state index contributed by atoms with van der Waals surface area (Å²) in [5, 5.41) is 8.73. The van der Waals surface area contributed by atoms with Crippen molar-refractivity contribution in [1.29, 1.82) is 0 Å². The number of fused-ring (bicyclic) bond motifs is 1. The van der Waals surface area contributed by atoms with Crippen molar-refractivity contribution in [2.75, 3.05) is 13.1 Å². The second kappa shape index (κ2) is 6.98. The van der Waals surface area contributed by atoms with E-state index in [9.17, 15) is 4.39 Å². The summed E-state index contributed by atoms with van der Waals surface area (Å²) in [6.45, 7) is 2.64. The molecule has 132 valence electrons. The van der Waals surface area contributed by atoms with E-state index in [0.29, 0.717) is 19.5 Å². The van der Waals surface area contributed by atoms with Gasteiger partial charge in [0.15, 0.2) is 0 Å². The van der Waals surface area contributed by atoms with Crippen LogP contribution in [0.3, 0.4) is 0 Å². The third-order valence-corrected chi connectivity index (χ3v) is 4.78. The number of hydrogen-bond acceptors (Lipinski definition) is 4. The summed E-state index contributed by atoms with van der Waals surface area (Å²) in [6.07, 6.45) is 3.66. The van der Waals surface area contributed by atoms with E-state index in [2.05, 4.69) is 21.4 Å². The lowest BCUT2D eigenvalue weighted by Crippen LogP contribution is -2.37. The third kappa shape index (κ3) is 3.75. The van der Waals surface area contributed by atoms with Crippen molar-refractivity contribution >= 4 is 11.0 Å². The van der Waals surface area contributed by atoms with Crippen LogP contribution in [0, 0.1) is 0 Å². The van der Waals surface area contributed by atoms with Crippen LogP contribution in [-0.4, -0.2) is 40.0 Å².